The SMILES string of the molecule is CSc1ccc(-c2ccc(=O)n(CC(=O)N3CCN(c4ccccn4)CC3)n2)cc1. The Labute approximate surface area is 179 Å². The van der Waals surface area contributed by atoms with E-state index in [1.165, 1.54) is 10.7 Å². The molecular weight excluding hydrogens is 398 g/mol. The first-order valence-corrected chi connectivity index (χ1v) is 11.0. The summed E-state index contributed by atoms with van der Waals surface area (Å²) >= 11 is 1.67. The van der Waals surface area contributed by atoms with Crippen molar-refractivity contribution in [3.63, 3.8) is 0 Å². The lowest BCUT2D eigenvalue weighted by molar-refractivity contribution is -0.132. The van der Waals surface area contributed by atoms with Crippen LogP contribution in [0.15, 0.2) is 70.5 Å². The number of pyridine rings is 1. The molecule has 0 spiro atoms. The van der Waals surface area contributed by atoms with Crippen molar-refractivity contribution in [3.05, 3.63) is 71.1 Å². The van der Waals surface area contributed by atoms with E-state index >= 15 is 0 Å². The van der Waals surface area contributed by atoms with Gasteiger partial charge in [-0.1, -0.05) is 18.2 Å². The minimum absolute atomic E-state index is 0.0564. The van der Waals surface area contributed by atoms with E-state index in [2.05, 4.69) is 15.0 Å². The molecule has 0 unspecified atom stereocenters. The number of benzene rings is 1. The summed E-state index contributed by atoms with van der Waals surface area (Å²) < 4.78 is 1.26. The summed E-state index contributed by atoms with van der Waals surface area (Å²) in [4.78, 5) is 34.5. The monoisotopic (exact) mass is 421 g/mol. The molecule has 0 N–H and O–H groups in total. The molecule has 1 aliphatic heterocycles. The van der Waals surface area contributed by atoms with Crippen LogP contribution >= 0.6 is 11.8 Å². The van der Waals surface area contributed by atoms with Gasteiger partial charge < -0.3 is 9.80 Å². The van der Waals surface area contributed by atoms with E-state index in [1.807, 2.05) is 48.7 Å². The normalized spacial score (nSPS) is 14.0. The lowest BCUT2D eigenvalue weighted by Crippen LogP contribution is -2.50. The Kier molecular flexibility index (Phi) is 6.13. The molecule has 7 nitrogen and oxygen atoms in total. The molecule has 8 heteroatoms. The summed E-state index contributed by atoms with van der Waals surface area (Å²) in [6.07, 6.45) is 3.79. The Morgan fingerprint density at radius 2 is 1.77 bits per heavy atom. The van der Waals surface area contributed by atoms with Crippen LogP contribution in [0.25, 0.3) is 11.3 Å². The third kappa shape index (κ3) is 4.54. The van der Waals surface area contributed by atoms with Crippen molar-refractivity contribution in [2.24, 2.45) is 0 Å². The summed E-state index contributed by atoms with van der Waals surface area (Å²) in [5.74, 6) is 0.822. The van der Waals surface area contributed by atoms with E-state index in [4.69, 9.17) is 0 Å². The Balaban J connectivity index is 1.42. The summed E-state index contributed by atoms with van der Waals surface area (Å²) in [5, 5.41) is 4.42. The fraction of sp³-hybridized carbons (Fsp3) is 0.273. The second-order valence-electron chi connectivity index (χ2n) is 7.00. The molecule has 1 amide bonds. The summed E-state index contributed by atoms with van der Waals surface area (Å²) in [6.45, 7) is 2.57. The first-order valence-electron chi connectivity index (χ1n) is 9.80. The Morgan fingerprint density at radius 3 is 2.43 bits per heavy atom. The van der Waals surface area contributed by atoms with Crippen LogP contribution in [-0.4, -0.2) is 58.0 Å². The minimum atomic E-state index is -0.278. The summed E-state index contributed by atoms with van der Waals surface area (Å²) in [5.41, 5.74) is 1.31. The van der Waals surface area contributed by atoms with Gasteiger partial charge >= 0.3 is 0 Å². The highest BCUT2D eigenvalue weighted by molar-refractivity contribution is 7.98. The molecule has 154 valence electrons. The average molecular weight is 422 g/mol. The van der Waals surface area contributed by atoms with E-state index in [1.54, 1.807) is 28.9 Å². The number of hydrogen-bond donors (Lipinski definition) is 0. The second-order valence-corrected chi connectivity index (χ2v) is 7.88. The quantitative estimate of drug-likeness (QED) is 0.589. The third-order valence-corrected chi connectivity index (χ3v) is 5.89. The molecule has 0 radical (unpaired) electrons. The highest BCUT2D eigenvalue weighted by atomic mass is 32.2. The third-order valence-electron chi connectivity index (χ3n) is 5.14. The first kappa shape index (κ1) is 20.2. The second kappa shape index (κ2) is 9.13. The van der Waals surface area contributed by atoms with Crippen LogP contribution in [0, 0.1) is 0 Å². The maximum absolute atomic E-state index is 12.8. The highest BCUT2D eigenvalue weighted by Gasteiger charge is 2.22. The molecule has 1 aromatic carbocycles. The van der Waals surface area contributed by atoms with Gasteiger partial charge in [-0.3, -0.25) is 9.59 Å². The fourth-order valence-electron chi connectivity index (χ4n) is 3.43. The van der Waals surface area contributed by atoms with Gasteiger partial charge in [0.1, 0.15) is 12.4 Å². The number of rotatable bonds is 5. The van der Waals surface area contributed by atoms with Crippen molar-refractivity contribution >= 4 is 23.5 Å². The van der Waals surface area contributed by atoms with E-state index in [0.29, 0.717) is 31.9 Å². The Morgan fingerprint density at radius 1 is 1.00 bits per heavy atom. The van der Waals surface area contributed by atoms with Gasteiger partial charge in [-0.15, -0.1) is 11.8 Å². The molecule has 4 rings (SSSR count). The van der Waals surface area contributed by atoms with Crippen molar-refractivity contribution < 1.29 is 4.79 Å². The standard InChI is InChI=1S/C22H23N5O2S/c1-30-18-7-5-17(6-8-18)19-9-10-21(28)27(24-19)16-22(29)26-14-12-25(13-15-26)20-4-2-3-11-23-20/h2-11H,12-16H2,1H3. The van der Waals surface area contributed by atoms with Gasteiger partial charge in [0.25, 0.3) is 5.56 Å². The van der Waals surface area contributed by atoms with Crippen LogP contribution in [0.5, 0.6) is 0 Å². The number of piperazine rings is 1. The van der Waals surface area contributed by atoms with Crippen LogP contribution in [0.3, 0.4) is 0 Å². The topological polar surface area (TPSA) is 71.3 Å². The van der Waals surface area contributed by atoms with Crippen LogP contribution in [0.2, 0.25) is 0 Å². The molecule has 3 aromatic rings. The van der Waals surface area contributed by atoms with Crippen molar-refractivity contribution in [2.45, 2.75) is 11.4 Å². The molecule has 0 saturated carbocycles. The number of aromatic nitrogens is 3. The van der Waals surface area contributed by atoms with Crippen molar-refractivity contribution in [2.75, 3.05) is 37.3 Å². The average Bonchev–Trinajstić information content (AvgIpc) is 2.81. The van der Waals surface area contributed by atoms with Crippen molar-refractivity contribution in [1.29, 1.82) is 0 Å². The fourth-order valence-corrected chi connectivity index (χ4v) is 3.84. The molecule has 0 bridgehead atoms. The zero-order valence-electron chi connectivity index (χ0n) is 16.8. The van der Waals surface area contributed by atoms with Gasteiger partial charge in [-0.05, 0) is 36.6 Å². The Hall–Kier alpha value is -3.13. The zero-order valence-corrected chi connectivity index (χ0v) is 17.6. The first-order chi connectivity index (χ1) is 14.6. The maximum Gasteiger partial charge on any atom is 0.267 e. The van der Waals surface area contributed by atoms with Gasteiger partial charge in [0, 0.05) is 48.9 Å². The van der Waals surface area contributed by atoms with Gasteiger partial charge in [0.15, 0.2) is 0 Å². The molecule has 2 aromatic heterocycles. The number of anilines is 1. The highest BCUT2D eigenvalue weighted by Crippen LogP contribution is 2.20. The van der Waals surface area contributed by atoms with Crippen molar-refractivity contribution in [1.82, 2.24) is 19.7 Å². The minimum Gasteiger partial charge on any atom is -0.353 e. The lowest BCUT2D eigenvalue weighted by atomic mass is 10.1. The van der Waals surface area contributed by atoms with Crippen molar-refractivity contribution in [3.8, 4) is 11.3 Å². The van der Waals surface area contributed by atoms with Crippen LogP contribution < -0.4 is 10.5 Å². The molecular formula is C22H23N5O2S. The van der Waals surface area contributed by atoms with E-state index < -0.39 is 0 Å². The molecule has 1 saturated heterocycles. The predicted molar refractivity (Wildman–Crippen MR) is 119 cm³/mol. The Bertz CT molecular complexity index is 1060. The molecule has 0 aliphatic carbocycles. The van der Waals surface area contributed by atoms with Crippen LogP contribution in [0.4, 0.5) is 5.82 Å². The molecule has 0 atom stereocenters. The largest absolute Gasteiger partial charge is 0.353 e. The molecule has 3 heterocycles. The zero-order chi connectivity index (χ0) is 20.9. The van der Waals surface area contributed by atoms with Gasteiger partial charge in [-0.2, -0.15) is 5.10 Å². The van der Waals surface area contributed by atoms with Gasteiger partial charge in [0.2, 0.25) is 5.91 Å². The molecule has 1 fully saturated rings. The molecule has 30 heavy (non-hydrogen) atoms. The number of thioether (sulfide) groups is 1. The molecule has 1 aliphatic rings. The summed E-state index contributed by atoms with van der Waals surface area (Å²) in [7, 11) is 0. The summed E-state index contributed by atoms with van der Waals surface area (Å²) in [6, 6.07) is 17.0. The number of carbonyl (C=O) groups is 1. The van der Waals surface area contributed by atoms with Gasteiger partial charge in [-0.25, -0.2) is 9.67 Å². The van der Waals surface area contributed by atoms with E-state index in [9.17, 15) is 9.59 Å². The maximum atomic E-state index is 12.8. The number of hydrogen-bond acceptors (Lipinski definition) is 6. The van der Waals surface area contributed by atoms with E-state index in [-0.39, 0.29) is 18.0 Å². The lowest BCUT2D eigenvalue weighted by Gasteiger charge is -2.35. The smallest absolute Gasteiger partial charge is 0.267 e. The number of carbonyl (C=O) groups excluding carboxylic acids is 1. The number of nitrogens with zero attached hydrogens (tertiary/aromatic N) is 5. The van der Waals surface area contributed by atoms with Gasteiger partial charge in [0.05, 0.1) is 5.69 Å². The van der Waals surface area contributed by atoms with Crippen LogP contribution in [0.1, 0.15) is 0 Å². The van der Waals surface area contributed by atoms with E-state index in [0.717, 1.165) is 16.3 Å². The number of amides is 1. The van der Waals surface area contributed by atoms with Crippen LogP contribution in [-0.2, 0) is 11.3 Å². The predicted octanol–water partition coefficient (Wildman–Crippen LogP) is 2.38.